The van der Waals surface area contributed by atoms with Crippen LogP contribution in [0.1, 0.15) is 11.1 Å². The number of primary sulfonamides is 1. The molecule has 0 atom stereocenters. The molecule has 0 aliphatic carbocycles. The zero-order valence-electron chi connectivity index (χ0n) is 17.5. The van der Waals surface area contributed by atoms with Gasteiger partial charge in [0, 0.05) is 18.3 Å². The SMILES string of the molecule is NS(=O)(=O)c1ccc(CNc2ccc3ncc(-c4cnn(Cc5ccccc5)c4)n3n2)cc1. The van der Waals surface area contributed by atoms with Gasteiger partial charge in [0.1, 0.15) is 5.82 Å². The number of fused-ring (bicyclic) bond motifs is 1. The summed E-state index contributed by atoms with van der Waals surface area (Å²) in [4.78, 5) is 4.53. The van der Waals surface area contributed by atoms with Gasteiger partial charge < -0.3 is 5.32 Å². The molecule has 5 aromatic rings. The quantitative estimate of drug-likeness (QED) is 0.386. The van der Waals surface area contributed by atoms with Crippen LogP contribution in [0.4, 0.5) is 5.82 Å². The summed E-state index contributed by atoms with van der Waals surface area (Å²) in [5.41, 5.74) is 4.56. The van der Waals surface area contributed by atoms with Crippen molar-refractivity contribution in [3.8, 4) is 11.3 Å². The van der Waals surface area contributed by atoms with Gasteiger partial charge in [0.15, 0.2) is 5.65 Å². The number of hydrogen-bond donors (Lipinski definition) is 2. The van der Waals surface area contributed by atoms with Crippen molar-refractivity contribution in [2.24, 2.45) is 5.14 Å². The van der Waals surface area contributed by atoms with Gasteiger partial charge in [-0.2, -0.15) is 5.10 Å². The molecule has 0 aliphatic heterocycles. The van der Waals surface area contributed by atoms with Gasteiger partial charge in [0.2, 0.25) is 10.0 Å². The van der Waals surface area contributed by atoms with E-state index in [4.69, 9.17) is 5.14 Å². The first-order valence-corrected chi connectivity index (χ1v) is 11.8. The van der Waals surface area contributed by atoms with E-state index in [-0.39, 0.29) is 4.90 Å². The molecule has 0 bridgehead atoms. The fourth-order valence-electron chi connectivity index (χ4n) is 3.51. The molecule has 5 rings (SSSR count). The minimum Gasteiger partial charge on any atom is -0.365 e. The Morgan fingerprint density at radius 1 is 0.909 bits per heavy atom. The Kier molecular flexibility index (Phi) is 5.37. The lowest BCUT2D eigenvalue weighted by atomic mass is 10.2. The monoisotopic (exact) mass is 459 g/mol. The average molecular weight is 460 g/mol. The highest BCUT2D eigenvalue weighted by molar-refractivity contribution is 7.89. The molecule has 0 fully saturated rings. The summed E-state index contributed by atoms with van der Waals surface area (Å²) in [7, 11) is -3.70. The fourth-order valence-corrected chi connectivity index (χ4v) is 4.02. The zero-order valence-corrected chi connectivity index (χ0v) is 18.4. The van der Waals surface area contributed by atoms with E-state index in [0.29, 0.717) is 18.9 Å². The average Bonchev–Trinajstić information content (AvgIpc) is 3.44. The Bertz CT molecular complexity index is 1510. The van der Waals surface area contributed by atoms with E-state index >= 15 is 0 Å². The summed E-state index contributed by atoms with van der Waals surface area (Å²) >= 11 is 0. The smallest absolute Gasteiger partial charge is 0.238 e. The van der Waals surface area contributed by atoms with E-state index in [9.17, 15) is 8.42 Å². The Labute approximate surface area is 190 Å². The highest BCUT2D eigenvalue weighted by Crippen LogP contribution is 2.21. The molecule has 166 valence electrons. The second-order valence-electron chi connectivity index (χ2n) is 7.59. The van der Waals surface area contributed by atoms with Crippen molar-refractivity contribution in [3.05, 3.63) is 96.4 Å². The molecule has 3 N–H and O–H groups in total. The molecule has 33 heavy (non-hydrogen) atoms. The van der Waals surface area contributed by atoms with Crippen molar-refractivity contribution in [3.63, 3.8) is 0 Å². The van der Waals surface area contributed by atoms with Crippen LogP contribution in [0.25, 0.3) is 16.9 Å². The second kappa shape index (κ2) is 8.49. The third-order valence-corrected chi connectivity index (χ3v) is 6.13. The Morgan fingerprint density at radius 3 is 2.45 bits per heavy atom. The van der Waals surface area contributed by atoms with Crippen molar-refractivity contribution in [2.75, 3.05) is 5.32 Å². The number of aromatic nitrogens is 5. The van der Waals surface area contributed by atoms with E-state index in [2.05, 4.69) is 32.6 Å². The first kappa shape index (κ1) is 20.9. The summed E-state index contributed by atoms with van der Waals surface area (Å²) in [6.07, 6.45) is 5.56. The predicted octanol–water partition coefficient (Wildman–Crippen LogP) is 2.90. The molecule has 0 saturated carbocycles. The summed E-state index contributed by atoms with van der Waals surface area (Å²) in [6, 6.07) is 20.3. The lowest BCUT2D eigenvalue weighted by Gasteiger charge is -2.07. The molecule has 0 radical (unpaired) electrons. The first-order valence-electron chi connectivity index (χ1n) is 10.2. The van der Waals surface area contributed by atoms with E-state index in [0.717, 1.165) is 22.5 Å². The molecule has 0 unspecified atom stereocenters. The highest BCUT2D eigenvalue weighted by Gasteiger charge is 2.11. The molecule has 3 heterocycles. The van der Waals surface area contributed by atoms with Crippen LogP contribution in [-0.4, -0.2) is 32.8 Å². The first-order chi connectivity index (χ1) is 16.0. The van der Waals surface area contributed by atoms with E-state index in [1.54, 1.807) is 29.0 Å². The standard InChI is InChI=1S/C23H21N7O2S/c24-33(31,32)20-8-6-17(7-9-20)12-25-22-10-11-23-26-14-21(30(23)28-22)19-13-27-29(16-19)15-18-4-2-1-3-5-18/h1-11,13-14,16H,12,15H2,(H,25,28)(H2,24,31,32). The Hall–Kier alpha value is -4.02. The molecular weight excluding hydrogens is 438 g/mol. The fraction of sp³-hybridized carbons (Fsp3) is 0.0870. The number of benzene rings is 2. The van der Waals surface area contributed by atoms with Crippen molar-refractivity contribution in [1.82, 2.24) is 24.4 Å². The number of rotatable bonds is 7. The zero-order chi connectivity index (χ0) is 22.8. The number of sulfonamides is 1. The molecule has 0 saturated heterocycles. The van der Waals surface area contributed by atoms with Crippen LogP contribution >= 0.6 is 0 Å². The largest absolute Gasteiger partial charge is 0.365 e. The third-order valence-electron chi connectivity index (χ3n) is 5.20. The van der Waals surface area contributed by atoms with E-state index < -0.39 is 10.0 Å². The maximum absolute atomic E-state index is 11.4. The topological polar surface area (TPSA) is 120 Å². The van der Waals surface area contributed by atoms with Gasteiger partial charge in [-0.25, -0.2) is 23.1 Å². The van der Waals surface area contributed by atoms with Crippen molar-refractivity contribution in [1.29, 1.82) is 0 Å². The summed E-state index contributed by atoms with van der Waals surface area (Å²) < 4.78 is 26.5. The minimum absolute atomic E-state index is 0.0849. The Morgan fingerprint density at radius 2 is 1.70 bits per heavy atom. The normalized spacial score (nSPS) is 11.7. The van der Waals surface area contributed by atoms with Gasteiger partial charge in [0.25, 0.3) is 0 Å². The third kappa shape index (κ3) is 4.61. The van der Waals surface area contributed by atoms with Gasteiger partial charge >= 0.3 is 0 Å². The summed E-state index contributed by atoms with van der Waals surface area (Å²) in [6.45, 7) is 1.16. The van der Waals surface area contributed by atoms with Crippen LogP contribution in [0.2, 0.25) is 0 Å². The minimum atomic E-state index is -3.70. The van der Waals surface area contributed by atoms with Crippen LogP contribution in [0.15, 0.2) is 90.2 Å². The van der Waals surface area contributed by atoms with Gasteiger partial charge in [-0.1, -0.05) is 42.5 Å². The van der Waals surface area contributed by atoms with Crippen LogP contribution in [0.5, 0.6) is 0 Å². The number of nitrogens with one attached hydrogen (secondary N) is 1. The molecule has 10 heteroatoms. The number of nitrogens with zero attached hydrogens (tertiary/aromatic N) is 5. The van der Waals surface area contributed by atoms with E-state index in [1.165, 1.54) is 17.7 Å². The summed E-state index contributed by atoms with van der Waals surface area (Å²) in [5.74, 6) is 0.661. The molecule has 0 amide bonds. The molecule has 2 aromatic carbocycles. The van der Waals surface area contributed by atoms with Crippen molar-refractivity contribution < 1.29 is 8.42 Å². The van der Waals surface area contributed by atoms with E-state index in [1.807, 2.05) is 41.2 Å². The molecule has 9 nitrogen and oxygen atoms in total. The van der Waals surface area contributed by atoms with Gasteiger partial charge in [-0.15, -0.1) is 5.10 Å². The maximum atomic E-state index is 11.4. The predicted molar refractivity (Wildman–Crippen MR) is 125 cm³/mol. The number of anilines is 1. The molecular formula is C23H21N7O2S. The van der Waals surface area contributed by atoms with Gasteiger partial charge in [-0.05, 0) is 35.4 Å². The van der Waals surface area contributed by atoms with Crippen LogP contribution in [0.3, 0.4) is 0 Å². The Balaban J connectivity index is 1.34. The highest BCUT2D eigenvalue weighted by atomic mass is 32.2. The van der Waals surface area contributed by atoms with Crippen LogP contribution in [-0.2, 0) is 23.1 Å². The second-order valence-corrected chi connectivity index (χ2v) is 9.15. The van der Waals surface area contributed by atoms with Gasteiger partial charge in [-0.3, -0.25) is 4.68 Å². The van der Waals surface area contributed by atoms with Crippen LogP contribution < -0.4 is 10.5 Å². The molecule has 0 spiro atoms. The van der Waals surface area contributed by atoms with Gasteiger partial charge in [0.05, 0.1) is 29.5 Å². The maximum Gasteiger partial charge on any atom is 0.238 e. The number of hydrogen-bond acceptors (Lipinski definition) is 6. The van der Waals surface area contributed by atoms with Crippen molar-refractivity contribution >= 4 is 21.5 Å². The number of imidazole rings is 1. The number of nitrogens with two attached hydrogens (primary N) is 1. The van der Waals surface area contributed by atoms with Crippen molar-refractivity contribution in [2.45, 2.75) is 18.0 Å². The lowest BCUT2D eigenvalue weighted by Crippen LogP contribution is -2.12. The molecule has 0 aliphatic rings. The lowest BCUT2D eigenvalue weighted by molar-refractivity contribution is 0.598. The van der Waals surface area contributed by atoms with Crippen LogP contribution in [0, 0.1) is 0 Å². The molecule has 3 aromatic heterocycles. The summed E-state index contributed by atoms with van der Waals surface area (Å²) in [5, 5.41) is 17.5.